The molecule has 3 rings (SSSR count). The van der Waals surface area contributed by atoms with E-state index in [4.69, 9.17) is 16.1 Å². The van der Waals surface area contributed by atoms with E-state index in [0.29, 0.717) is 11.4 Å². The van der Waals surface area contributed by atoms with Crippen LogP contribution in [-0.4, -0.2) is 35.1 Å². The third kappa shape index (κ3) is 3.97. The number of halogens is 1. The molecule has 5 nitrogen and oxygen atoms in total. The maximum atomic E-state index is 12.2. The highest BCUT2D eigenvalue weighted by atomic mass is 35.5. The van der Waals surface area contributed by atoms with E-state index in [-0.39, 0.29) is 11.9 Å². The largest absolute Gasteiger partial charge is 0.361 e. The number of carbonyl (C=O) groups is 1. The van der Waals surface area contributed by atoms with Crippen molar-refractivity contribution in [3.05, 3.63) is 51.9 Å². The maximum Gasteiger partial charge on any atom is 0.224 e. The molecule has 0 aliphatic carbocycles. The van der Waals surface area contributed by atoms with Crippen molar-refractivity contribution in [3.63, 3.8) is 0 Å². The fourth-order valence-electron chi connectivity index (χ4n) is 3.14. The van der Waals surface area contributed by atoms with Crippen LogP contribution in [0.15, 0.2) is 28.8 Å². The molecule has 1 N–H and O–H groups in total. The van der Waals surface area contributed by atoms with Crippen molar-refractivity contribution >= 4 is 17.5 Å². The first-order chi connectivity index (χ1) is 11.5. The lowest BCUT2D eigenvalue weighted by molar-refractivity contribution is -0.121. The first-order valence-corrected chi connectivity index (χ1v) is 8.57. The van der Waals surface area contributed by atoms with Gasteiger partial charge >= 0.3 is 0 Å². The lowest BCUT2D eigenvalue weighted by atomic mass is 10.1. The summed E-state index contributed by atoms with van der Waals surface area (Å²) in [6.45, 7) is 6.52. The van der Waals surface area contributed by atoms with Crippen molar-refractivity contribution in [1.82, 2.24) is 15.4 Å². The second-order valence-electron chi connectivity index (χ2n) is 6.36. The van der Waals surface area contributed by atoms with Crippen molar-refractivity contribution in [2.24, 2.45) is 0 Å². The van der Waals surface area contributed by atoms with Crippen LogP contribution < -0.4 is 5.32 Å². The first-order valence-electron chi connectivity index (χ1n) is 8.20. The first kappa shape index (κ1) is 17.0. The van der Waals surface area contributed by atoms with Gasteiger partial charge in [0.2, 0.25) is 5.91 Å². The van der Waals surface area contributed by atoms with Crippen LogP contribution in [0.1, 0.15) is 29.0 Å². The van der Waals surface area contributed by atoms with Gasteiger partial charge in [-0.05, 0) is 31.9 Å². The Morgan fingerprint density at radius 2 is 2.21 bits per heavy atom. The average Bonchev–Trinajstić information content (AvgIpc) is 3.11. The molecule has 24 heavy (non-hydrogen) atoms. The Hall–Kier alpha value is -1.85. The molecule has 128 valence electrons. The zero-order chi connectivity index (χ0) is 17.1. The van der Waals surface area contributed by atoms with Gasteiger partial charge in [-0.15, -0.1) is 0 Å². The number of rotatable bonds is 5. The summed E-state index contributed by atoms with van der Waals surface area (Å²) in [6, 6.07) is 7.65. The highest BCUT2D eigenvalue weighted by molar-refractivity contribution is 6.31. The van der Waals surface area contributed by atoms with Crippen LogP contribution in [0.25, 0.3) is 0 Å². The molecule has 0 unspecified atom stereocenters. The lowest BCUT2D eigenvalue weighted by Crippen LogP contribution is -2.37. The van der Waals surface area contributed by atoms with Gasteiger partial charge in [0.15, 0.2) is 0 Å². The van der Waals surface area contributed by atoms with Gasteiger partial charge < -0.3 is 9.84 Å². The molecule has 1 aromatic heterocycles. The third-order valence-corrected chi connectivity index (χ3v) is 4.88. The fourth-order valence-corrected chi connectivity index (χ4v) is 3.34. The molecule has 1 atom stereocenters. The van der Waals surface area contributed by atoms with E-state index in [1.165, 1.54) is 0 Å². The van der Waals surface area contributed by atoms with E-state index in [2.05, 4.69) is 15.4 Å². The fraction of sp³-hybridized carbons (Fsp3) is 0.444. The maximum absolute atomic E-state index is 12.2. The summed E-state index contributed by atoms with van der Waals surface area (Å²) >= 11 is 6.11. The number of amides is 1. The average molecular weight is 348 g/mol. The Bertz CT molecular complexity index is 709. The topological polar surface area (TPSA) is 58.4 Å². The summed E-state index contributed by atoms with van der Waals surface area (Å²) in [5.41, 5.74) is 2.96. The van der Waals surface area contributed by atoms with E-state index < -0.39 is 0 Å². The van der Waals surface area contributed by atoms with Crippen molar-refractivity contribution in [3.8, 4) is 0 Å². The number of hydrogen-bond acceptors (Lipinski definition) is 4. The molecule has 0 saturated carbocycles. The van der Waals surface area contributed by atoms with Crippen LogP contribution in [0, 0.1) is 13.8 Å². The van der Waals surface area contributed by atoms with Gasteiger partial charge in [0, 0.05) is 36.3 Å². The number of nitrogens with zero attached hydrogens (tertiary/aromatic N) is 2. The molecule has 2 aromatic rings. The quantitative estimate of drug-likeness (QED) is 0.903. The molecular weight excluding hydrogens is 326 g/mol. The van der Waals surface area contributed by atoms with Crippen LogP contribution >= 0.6 is 11.6 Å². The molecule has 6 heteroatoms. The second-order valence-corrected chi connectivity index (χ2v) is 6.77. The predicted octanol–water partition coefficient (Wildman–Crippen LogP) is 2.88. The summed E-state index contributed by atoms with van der Waals surface area (Å²) in [5, 5.41) is 7.75. The van der Waals surface area contributed by atoms with E-state index in [0.717, 1.165) is 48.6 Å². The van der Waals surface area contributed by atoms with Gasteiger partial charge in [0.25, 0.3) is 0 Å². The standard InChI is InChI=1S/C18H22ClN3O2/c1-12-16(13(2)24-21-12)11-22-8-7-15(10-22)20-18(23)9-14-5-3-4-6-17(14)19/h3-6,15H,7-11H2,1-2H3,(H,20,23)/t15-/m0/s1. The molecule has 0 spiro atoms. The minimum absolute atomic E-state index is 0.0206. The molecule has 1 fully saturated rings. The number of hydrogen-bond donors (Lipinski definition) is 1. The van der Waals surface area contributed by atoms with Gasteiger partial charge in [-0.1, -0.05) is 35.0 Å². The zero-order valence-electron chi connectivity index (χ0n) is 14.0. The van der Waals surface area contributed by atoms with Crippen molar-refractivity contribution in [2.45, 2.75) is 39.3 Å². The molecule has 0 bridgehead atoms. The summed E-state index contributed by atoms with van der Waals surface area (Å²) < 4.78 is 5.22. The normalized spacial score (nSPS) is 18.0. The van der Waals surface area contributed by atoms with Gasteiger partial charge in [0.05, 0.1) is 12.1 Å². The highest BCUT2D eigenvalue weighted by Crippen LogP contribution is 2.19. The monoisotopic (exact) mass is 347 g/mol. The Morgan fingerprint density at radius 1 is 1.42 bits per heavy atom. The van der Waals surface area contributed by atoms with Gasteiger partial charge in [0.1, 0.15) is 5.76 Å². The van der Waals surface area contributed by atoms with E-state index in [9.17, 15) is 4.79 Å². The molecule has 1 aromatic carbocycles. The number of carbonyl (C=O) groups excluding carboxylic acids is 1. The van der Waals surface area contributed by atoms with Gasteiger partial charge in [-0.2, -0.15) is 0 Å². The molecule has 1 aliphatic rings. The Balaban J connectivity index is 1.51. The SMILES string of the molecule is Cc1noc(C)c1CN1CC[C@H](NC(=O)Cc2ccccc2Cl)C1. The van der Waals surface area contributed by atoms with Crippen LogP contribution in [0.5, 0.6) is 0 Å². The number of aromatic nitrogens is 1. The summed E-state index contributed by atoms with van der Waals surface area (Å²) in [7, 11) is 0. The smallest absolute Gasteiger partial charge is 0.224 e. The minimum atomic E-state index is 0.0206. The Kier molecular flexibility index (Phi) is 5.21. The summed E-state index contributed by atoms with van der Waals surface area (Å²) in [6.07, 6.45) is 1.28. The van der Waals surface area contributed by atoms with E-state index >= 15 is 0 Å². The lowest BCUT2D eigenvalue weighted by Gasteiger charge is -2.16. The molecule has 0 radical (unpaired) electrons. The van der Waals surface area contributed by atoms with Crippen LogP contribution in [-0.2, 0) is 17.8 Å². The molecule has 1 saturated heterocycles. The Labute approximate surface area is 147 Å². The van der Waals surface area contributed by atoms with E-state index in [1.54, 1.807) is 0 Å². The predicted molar refractivity (Wildman–Crippen MR) is 93.0 cm³/mol. The van der Waals surface area contributed by atoms with Gasteiger partial charge in [-0.25, -0.2) is 0 Å². The van der Waals surface area contributed by atoms with Crippen molar-refractivity contribution in [2.75, 3.05) is 13.1 Å². The van der Waals surface area contributed by atoms with E-state index in [1.807, 2.05) is 38.1 Å². The number of nitrogens with one attached hydrogen (secondary N) is 1. The van der Waals surface area contributed by atoms with Gasteiger partial charge in [-0.3, -0.25) is 9.69 Å². The summed E-state index contributed by atoms with van der Waals surface area (Å²) in [5.74, 6) is 0.894. The van der Waals surface area contributed by atoms with Crippen LogP contribution in [0.3, 0.4) is 0 Å². The van der Waals surface area contributed by atoms with Crippen molar-refractivity contribution < 1.29 is 9.32 Å². The third-order valence-electron chi connectivity index (χ3n) is 4.51. The molecule has 1 amide bonds. The van der Waals surface area contributed by atoms with Crippen LogP contribution in [0.4, 0.5) is 0 Å². The number of aryl methyl sites for hydroxylation is 2. The van der Waals surface area contributed by atoms with Crippen LogP contribution in [0.2, 0.25) is 5.02 Å². The molecule has 1 aliphatic heterocycles. The molecule has 2 heterocycles. The minimum Gasteiger partial charge on any atom is -0.361 e. The second kappa shape index (κ2) is 7.36. The molecular formula is C18H22ClN3O2. The number of benzene rings is 1. The Morgan fingerprint density at radius 3 is 2.92 bits per heavy atom. The zero-order valence-corrected chi connectivity index (χ0v) is 14.8. The van der Waals surface area contributed by atoms with Crippen molar-refractivity contribution in [1.29, 1.82) is 0 Å². The number of likely N-dealkylation sites (tertiary alicyclic amines) is 1. The summed E-state index contributed by atoms with van der Waals surface area (Å²) in [4.78, 5) is 14.6. The highest BCUT2D eigenvalue weighted by Gasteiger charge is 2.25.